The van der Waals surface area contributed by atoms with Gasteiger partial charge in [0.05, 0.1) is 11.0 Å². The summed E-state index contributed by atoms with van der Waals surface area (Å²) in [5, 5.41) is 0. The largest absolute Gasteiger partial charge is 0.342 e. The fourth-order valence-electron chi connectivity index (χ4n) is 3.30. The highest BCUT2D eigenvalue weighted by atomic mass is 14.9. The molecule has 0 bridgehead atoms. The van der Waals surface area contributed by atoms with Gasteiger partial charge in [0.2, 0.25) is 0 Å². The third kappa shape index (κ3) is 2.16. The van der Waals surface area contributed by atoms with Gasteiger partial charge >= 0.3 is 0 Å². The first-order valence-electron chi connectivity index (χ1n) is 7.55. The van der Waals surface area contributed by atoms with Crippen molar-refractivity contribution in [2.24, 2.45) is 5.73 Å². The number of hydrogen-bond acceptors (Lipinski definition) is 2. The second-order valence-corrected chi connectivity index (χ2v) is 6.28. The molecule has 0 aliphatic heterocycles. The van der Waals surface area contributed by atoms with Crippen molar-refractivity contribution in [3.63, 3.8) is 0 Å². The summed E-state index contributed by atoms with van der Waals surface area (Å²) >= 11 is 0. The first-order chi connectivity index (χ1) is 9.29. The number of nitrogens with two attached hydrogens (primary N) is 1. The Morgan fingerprint density at radius 1 is 1.00 bits per heavy atom. The average molecular weight is 255 g/mol. The molecule has 2 fully saturated rings. The van der Waals surface area contributed by atoms with Crippen LogP contribution in [0.15, 0.2) is 18.2 Å². The SMILES string of the molecule is NC1CCC(c2ccc3nc(C4CC4)[nH]c3c2)CC1. The molecule has 2 saturated carbocycles. The topological polar surface area (TPSA) is 54.7 Å². The second kappa shape index (κ2) is 4.34. The van der Waals surface area contributed by atoms with Crippen LogP contribution in [-0.2, 0) is 0 Å². The Labute approximate surface area is 113 Å². The minimum absolute atomic E-state index is 0.425. The number of nitrogens with one attached hydrogen (secondary N) is 1. The normalized spacial score (nSPS) is 27.8. The Morgan fingerprint density at radius 3 is 2.47 bits per heavy atom. The minimum Gasteiger partial charge on any atom is -0.342 e. The first kappa shape index (κ1) is 11.5. The van der Waals surface area contributed by atoms with Crippen molar-refractivity contribution < 1.29 is 0 Å². The summed E-state index contributed by atoms with van der Waals surface area (Å²) in [5.41, 5.74) is 9.80. The molecule has 1 aromatic heterocycles. The van der Waals surface area contributed by atoms with E-state index >= 15 is 0 Å². The van der Waals surface area contributed by atoms with E-state index in [4.69, 9.17) is 10.7 Å². The van der Waals surface area contributed by atoms with E-state index in [1.165, 1.54) is 55.4 Å². The van der Waals surface area contributed by atoms with Gasteiger partial charge in [0.25, 0.3) is 0 Å². The molecule has 0 spiro atoms. The first-order valence-corrected chi connectivity index (χ1v) is 7.55. The molecule has 100 valence electrons. The van der Waals surface area contributed by atoms with Crippen LogP contribution in [-0.4, -0.2) is 16.0 Å². The van der Waals surface area contributed by atoms with Gasteiger partial charge in [-0.1, -0.05) is 6.07 Å². The van der Waals surface area contributed by atoms with Crippen LogP contribution >= 0.6 is 0 Å². The summed E-state index contributed by atoms with van der Waals surface area (Å²) in [4.78, 5) is 8.21. The van der Waals surface area contributed by atoms with Crippen LogP contribution in [0.5, 0.6) is 0 Å². The molecule has 3 heteroatoms. The lowest BCUT2D eigenvalue weighted by Crippen LogP contribution is -2.25. The molecule has 3 nitrogen and oxygen atoms in total. The van der Waals surface area contributed by atoms with Gasteiger partial charge in [0.1, 0.15) is 5.82 Å². The maximum atomic E-state index is 5.99. The molecule has 0 amide bonds. The smallest absolute Gasteiger partial charge is 0.110 e. The summed E-state index contributed by atoms with van der Waals surface area (Å²) in [5.74, 6) is 2.58. The van der Waals surface area contributed by atoms with Gasteiger partial charge in [-0.15, -0.1) is 0 Å². The molecule has 0 saturated heterocycles. The molecule has 2 aromatic rings. The molecule has 0 radical (unpaired) electrons. The van der Waals surface area contributed by atoms with Gasteiger partial charge in [0.15, 0.2) is 0 Å². The molecule has 2 aliphatic carbocycles. The van der Waals surface area contributed by atoms with E-state index in [2.05, 4.69) is 23.2 Å². The Hall–Kier alpha value is -1.35. The molecule has 0 unspecified atom stereocenters. The Morgan fingerprint density at radius 2 is 1.74 bits per heavy atom. The number of H-pyrrole nitrogens is 1. The zero-order valence-corrected chi connectivity index (χ0v) is 11.2. The van der Waals surface area contributed by atoms with Crippen molar-refractivity contribution in [3.05, 3.63) is 29.6 Å². The van der Waals surface area contributed by atoms with Crippen molar-refractivity contribution in [2.45, 2.75) is 56.4 Å². The van der Waals surface area contributed by atoms with Gasteiger partial charge < -0.3 is 10.7 Å². The van der Waals surface area contributed by atoms with Crippen LogP contribution in [0.2, 0.25) is 0 Å². The third-order valence-electron chi connectivity index (χ3n) is 4.73. The maximum Gasteiger partial charge on any atom is 0.110 e. The van der Waals surface area contributed by atoms with Crippen LogP contribution < -0.4 is 5.73 Å². The van der Waals surface area contributed by atoms with E-state index in [0.29, 0.717) is 17.9 Å². The maximum absolute atomic E-state index is 5.99. The summed E-state index contributed by atoms with van der Waals surface area (Å²) < 4.78 is 0. The van der Waals surface area contributed by atoms with Gasteiger partial charge in [-0.25, -0.2) is 4.98 Å². The number of hydrogen-bond donors (Lipinski definition) is 2. The molecular formula is C16H21N3. The quantitative estimate of drug-likeness (QED) is 0.863. The van der Waals surface area contributed by atoms with Crippen molar-refractivity contribution in [2.75, 3.05) is 0 Å². The molecule has 1 aromatic carbocycles. The van der Waals surface area contributed by atoms with Crippen LogP contribution in [0, 0.1) is 0 Å². The van der Waals surface area contributed by atoms with Gasteiger partial charge in [-0.2, -0.15) is 0 Å². The fraction of sp³-hybridized carbons (Fsp3) is 0.562. The summed E-state index contributed by atoms with van der Waals surface area (Å²) in [7, 11) is 0. The number of rotatable bonds is 2. The fourth-order valence-corrected chi connectivity index (χ4v) is 3.30. The van der Waals surface area contributed by atoms with Crippen LogP contribution in [0.3, 0.4) is 0 Å². The zero-order valence-electron chi connectivity index (χ0n) is 11.2. The molecule has 1 heterocycles. The highest BCUT2D eigenvalue weighted by Gasteiger charge is 2.27. The minimum atomic E-state index is 0.425. The highest BCUT2D eigenvalue weighted by Crippen LogP contribution is 2.39. The second-order valence-electron chi connectivity index (χ2n) is 6.28. The van der Waals surface area contributed by atoms with Crippen LogP contribution in [0.1, 0.15) is 61.7 Å². The van der Waals surface area contributed by atoms with E-state index in [1.54, 1.807) is 0 Å². The number of nitrogens with zero attached hydrogens (tertiary/aromatic N) is 1. The number of aromatic amines is 1. The number of imidazole rings is 1. The molecular weight excluding hydrogens is 234 g/mol. The Kier molecular flexibility index (Phi) is 2.62. The predicted molar refractivity (Wildman–Crippen MR) is 77.3 cm³/mol. The van der Waals surface area contributed by atoms with Gasteiger partial charge in [-0.3, -0.25) is 0 Å². The molecule has 3 N–H and O–H groups in total. The molecule has 4 rings (SSSR count). The van der Waals surface area contributed by atoms with Crippen LogP contribution in [0.4, 0.5) is 0 Å². The van der Waals surface area contributed by atoms with Crippen molar-refractivity contribution in [3.8, 4) is 0 Å². The molecule has 2 aliphatic rings. The predicted octanol–water partition coefficient (Wildman–Crippen LogP) is 3.43. The van der Waals surface area contributed by atoms with Crippen molar-refractivity contribution in [1.82, 2.24) is 9.97 Å². The van der Waals surface area contributed by atoms with E-state index in [1.807, 2.05) is 0 Å². The highest BCUT2D eigenvalue weighted by molar-refractivity contribution is 5.76. The zero-order chi connectivity index (χ0) is 12.8. The van der Waals surface area contributed by atoms with E-state index in [9.17, 15) is 0 Å². The van der Waals surface area contributed by atoms with E-state index < -0.39 is 0 Å². The summed E-state index contributed by atoms with van der Waals surface area (Å²) in [6.45, 7) is 0. The number of aromatic nitrogens is 2. The van der Waals surface area contributed by atoms with Crippen molar-refractivity contribution >= 4 is 11.0 Å². The lowest BCUT2D eigenvalue weighted by atomic mass is 9.82. The van der Waals surface area contributed by atoms with E-state index in [-0.39, 0.29) is 0 Å². The monoisotopic (exact) mass is 255 g/mol. The number of fused-ring (bicyclic) bond motifs is 1. The third-order valence-corrected chi connectivity index (χ3v) is 4.73. The van der Waals surface area contributed by atoms with Gasteiger partial charge in [0, 0.05) is 12.0 Å². The lowest BCUT2D eigenvalue weighted by molar-refractivity contribution is 0.396. The van der Waals surface area contributed by atoms with Crippen LogP contribution in [0.25, 0.3) is 11.0 Å². The summed E-state index contributed by atoms with van der Waals surface area (Å²) in [6, 6.07) is 7.19. The van der Waals surface area contributed by atoms with Gasteiger partial charge in [-0.05, 0) is 62.1 Å². The lowest BCUT2D eigenvalue weighted by Gasteiger charge is -2.26. The van der Waals surface area contributed by atoms with Crippen molar-refractivity contribution in [1.29, 1.82) is 0 Å². The standard InChI is InChI=1S/C16H21N3/c17-13-6-3-10(4-7-13)12-5-8-14-15(9-12)19-16(18-14)11-1-2-11/h5,8-11,13H,1-4,6-7,17H2,(H,18,19). The summed E-state index contributed by atoms with van der Waals surface area (Å²) in [6.07, 6.45) is 7.39. The van der Waals surface area contributed by atoms with E-state index in [0.717, 1.165) is 5.52 Å². The Bertz CT molecular complexity index is 589. The average Bonchev–Trinajstić information content (AvgIpc) is 3.19. The number of benzene rings is 1. The molecule has 19 heavy (non-hydrogen) atoms. The molecule has 0 atom stereocenters. The Balaban J connectivity index is 1.63.